The second kappa shape index (κ2) is 6.52. The largest absolute Gasteiger partial charge is 0.477 e. The maximum Gasteiger partial charge on any atom is 0.219 e. The van der Waals surface area contributed by atoms with Gasteiger partial charge in [-0.15, -0.1) is 0 Å². The van der Waals surface area contributed by atoms with Crippen molar-refractivity contribution in [3.63, 3.8) is 0 Å². The van der Waals surface area contributed by atoms with Crippen molar-refractivity contribution < 1.29 is 4.74 Å². The van der Waals surface area contributed by atoms with Crippen LogP contribution in [0.3, 0.4) is 0 Å². The summed E-state index contributed by atoms with van der Waals surface area (Å²) < 4.78 is 6.17. The number of hydrogen-bond donors (Lipinski definition) is 0. The summed E-state index contributed by atoms with van der Waals surface area (Å²) in [7, 11) is 0. The Hall–Kier alpha value is -2.75. The maximum absolute atomic E-state index is 9.34. The smallest absolute Gasteiger partial charge is 0.219 e. The summed E-state index contributed by atoms with van der Waals surface area (Å²) in [6.45, 7) is 6.34. The van der Waals surface area contributed by atoms with Crippen LogP contribution in [-0.4, -0.2) is 39.6 Å². The van der Waals surface area contributed by atoms with Crippen LogP contribution in [0, 0.1) is 36.5 Å². The average Bonchev–Trinajstić information content (AvgIpc) is 3.20. The number of nitriles is 1. The van der Waals surface area contributed by atoms with Crippen LogP contribution in [0.15, 0.2) is 18.7 Å². The molecule has 2 unspecified atom stereocenters. The van der Waals surface area contributed by atoms with E-state index in [1.54, 1.807) is 18.7 Å². The molecule has 7 nitrogen and oxygen atoms in total. The van der Waals surface area contributed by atoms with Crippen molar-refractivity contribution in [3.05, 3.63) is 35.7 Å². The SMILES string of the molecule is Cc1ncnc(OCC23CCCC2CN(c2nccnc2C#N)C3)c1C. The Kier molecular flexibility index (Phi) is 4.19. The molecule has 2 fully saturated rings. The van der Waals surface area contributed by atoms with E-state index in [1.807, 2.05) is 13.8 Å². The third-order valence-electron chi connectivity index (χ3n) is 5.91. The van der Waals surface area contributed by atoms with Crippen LogP contribution >= 0.6 is 0 Å². The molecule has 0 amide bonds. The van der Waals surface area contributed by atoms with Gasteiger partial charge in [0, 0.05) is 42.2 Å². The molecular formula is C19H22N6O. The first-order valence-electron chi connectivity index (χ1n) is 9.00. The summed E-state index contributed by atoms with van der Waals surface area (Å²) in [4.78, 5) is 19.3. The summed E-state index contributed by atoms with van der Waals surface area (Å²) in [6.07, 6.45) is 8.30. The Labute approximate surface area is 153 Å². The van der Waals surface area contributed by atoms with Crippen LogP contribution in [-0.2, 0) is 0 Å². The van der Waals surface area contributed by atoms with Gasteiger partial charge in [0.25, 0.3) is 0 Å². The molecule has 4 rings (SSSR count). The molecule has 3 heterocycles. The standard InChI is InChI=1S/C19H22N6O/c1-13-14(2)23-12-24-18(13)26-11-19-5-3-4-15(19)9-25(10-19)17-16(8-20)21-6-7-22-17/h6-7,12,15H,3-5,9-11H2,1-2H3. The van der Waals surface area contributed by atoms with Gasteiger partial charge < -0.3 is 9.64 Å². The number of aromatic nitrogens is 4. The molecule has 26 heavy (non-hydrogen) atoms. The molecule has 2 atom stereocenters. The fraction of sp³-hybridized carbons (Fsp3) is 0.526. The predicted molar refractivity (Wildman–Crippen MR) is 95.7 cm³/mol. The molecular weight excluding hydrogens is 328 g/mol. The van der Waals surface area contributed by atoms with E-state index in [0.717, 1.165) is 30.8 Å². The molecule has 0 radical (unpaired) electrons. The molecule has 0 spiro atoms. The Morgan fingerprint density at radius 3 is 2.96 bits per heavy atom. The van der Waals surface area contributed by atoms with E-state index in [0.29, 0.717) is 29.9 Å². The van der Waals surface area contributed by atoms with E-state index < -0.39 is 0 Å². The molecule has 0 aromatic carbocycles. The fourth-order valence-corrected chi connectivity index (χ4v) is 4.33. The number of hydrogen-bond acceptors (Lipinski definition) is 7. The zero-order valence-corrected chi connectivity index (χ0v) is 15.1. The van der Waals surface area contributed by atoms with Gasteiger partial charge in [-0.1, -0.05) is 6.42 Å². The first-order chi connectivity index (χ1) is 12.6. The van der Waals surface area contributed by atoms with E-state index in [2.05, 4.69) is 30.9 Å². The monoisotopic (exact) mass is 350 g/mol. The number of ether oxygens (including phenoxy) is 1. The highest BCUT2D eigenvalue weighted by Crippen LogP contribution is 2.49. The first-order valence-corrected chi connectivity index (χ1v) is 9.00. The minimum Gasteiger partial charge on any atom is -0.477 e. The van der Waals surface area contributed by atoms with Crippen LogP contribution in [0.5, 0.6) is 5.88 Å². The molecule has 7 heteroatoms. The molecule has 1 saturated carbocycles. The van der Waals surface area contributed by atoms with Gasteiger partial charge in [-0.3, -0.25) is 0 Å². The second-order valence-electron chi connectivity index (χ2n) is 7.35. The average molecular weight is 350 g/mol. The van der Waals surface area contributed by atoms with Gasteiger partial charge in [0.2, 0.25) is 5.88 Å². The lowest BCUT2D eigenvalue weighted by atomic mass is 9.81. The molecule has 1 aliphatic carbocycles. The van der Waals surface area contributed by atoms with Gasteiger partial charge >= 0.3 is 0 Å². The molecule has 0 N–H and O–H groups in total. The lowest BCUT2D eigenvalue weighted by Crippen LogP contribution is -2.34. The van der Waals surface area contributed by atoms with Crippen molar-refractivity contribution in [2.24, 2.45) is 11.3 Å². The highest BCUT2D eigenvalue weighted by Gasteiger charge is 2.50. The minimum absolute atomic E-state index is 0.0789. The van der Waals surface area contributed by atoms with Crippen LogP contribution in [0.2, 0.25) is 0 Å². The highest BCUT2D eigenvalue weighted by molar-refractivity contribution is 5.51. The highest BCUT2D eigenvalue weighted by atomic mass is 16.5. The van der Waals surface area contributed by atoms with E-state index in [4.69, 9.17) is 4.74 Å². The quantitative estimate of drug-likeness (QED) is 0.837. The van der Waals surface area contributed by atoms with Gasteiger partial charge in [0.05, 0.1) is 6.61 Å². The number of aryl methyl sites for hydroxylation is 1. The molecule has 134 valence electrons. The lowest BCUT2D eigenvalue weighted by Gasteiger charge is -2.29. The summed E-state index contributed by atoms with van der Waals surface area (Å²) in [6, 6.07) is 2.16. The fourth-order valence-electron chi connectivity index (χ4n) is 4.33. The molecule has 0 bridgehead atoms. The van der Waals surface area contributed by atoms with Gasteiger partial charge in [-0.2, -0.15) is 5.26 Å². The van der Waals surface area contributed by atoms with Gasteiger partial charge in [0.15, 0.2) is 11.5 Å². The molecule has 2 aliphatic rings. The third-order valence-corrected chi connectivity index (χ3v) is 5.91. The van der Waals surface area contributed by atoms with Crippen molar-refractivity contribution in [3.8, 4) is 11.9 Å². The number of nitrogens with zero attached hydrogens (tertiary/aromatic N) is 6. The topological polar surface area (TPSA) is 87.8 Å². The van der Waals surface area contributed by atoms with E-state index in [9.17, 15) is 5.26 Å². The zero-order chi connectivity index (χ0) is 18.1. The first kappa shape index (κ1) is 16.7. The molecule has 2 aromatic heterocycles. The third kappa shape index (κ3) is 2.75. The summed E-state index contributed by atoms with van der Waals surface area (Å²) in [5.74, 6) is 1.91. The van der Waals surface area contributed by atoms with E-state index in [-0.39, 0.29) is 5.41 Å². The van der Waals surface area contributed by atoms with Crippen LogP contribution < -0.4 is 9.64 Å². The lowest BCUT2D eigenvalue weighted by molar-refractivity contribution is 0.133. The van der Waals surface area contributed by atoms with Gasteiger partial charge in [-0.05, 0) is 32.6 Å². The Morgan fingerprint density at radius 2 is 2.12 bits per heavy atom. The second-order valence-corrected chi connectivity index (χ2v) is 7.35. The van der Waals surface area contributed by atoms with E-state index >= 15 is 0 Å². The maximum atomic E-state index is 9.34. The van der Waals surface area contributed by atoms with Gasteiger partial charge in [-0.25, -0.2) is 19.9 Å². The minimum atomic E-state index is 0.0789. The normalized spacial score (nSPS) is 24.3. The van der Waals surface area contributed by atoms with Crippen molar-refractivity contribution in [1.29, 1.82) is 5.26 Å². The number of fused-ring (bicyclic) bond motifs is 1. The Morgan fingerprint density at radius 1 is 1.27 bits per heavy atom. The molecule has 1 aliphatic heterocycles. The number of rotatable bonds is 4. The van der Waals surface area contributed by atoms with Crippen LogP contribution in [0.1, 0.15) is 36.2 Å². The van der Waals surface area contributed by atoms with Gasteiger partial charge in [0.1, 0.15) is 12.4 Å². The number of anilines is 1. The predicted octanol–water partition coefficient (Wildman–Crippen LogP) is 2.44. The van der Waals surface area contributed by atoms with Crippen LogP contribution in [0.25, 0.3) is 0 Å². The molecule has 1 saturated heterocycles. The Balaban J connectivity index is 1.55. The molecule has 2 aromatic rings. The van der Waals surface area contributed by atoms with Crippen molar-refractivity contribution >= 4 is 5.82 Å². The van der Waals surface area contributed by atoms with Crippen molar-refractivity contribution in [2.45, 2.75) is 33.1 Å². The van der Waals surface area contributed by atoms with Crippen molar-refractivity contribution in [2.75, 3.05) is 24.6 Å². The summed E-state index contributed by atoms with van der Waals surface area (Å²) in [5, 5.41) is 9.34. The summed E-state index contributed by atoms with van der Waals surface area (Å²) >= 11 is 0. The van der Waals surface area contributed by atoms with Crippen molar-refractivity contribution in [1.82, 2.24) is 19.9 Å². The van der Waals surface area contributed by atoms with Crippen LogP contribution in [0.4, 0.5) is 5.82 Å². The summed E-state index contributed by atoms with van der Waals surface area (Å²) in [5.41, 5.74) is 2.41. The zero-order valence-electron chi connectivity index (χ0n) is 15.1. The van der Waals surface area contributed by atoms with E-state index in [1.165, 1.54) is 12.8 Å². The Bertz CT molecular complexity index is 863.